The summed E-state index contributed by atoms with van der Waals surface area (Å²) in [5.41, 5.74) is 2.48. The monoisotopic (exact) mass is 343 g/mol. The van der Waals surface area contributed by atoms with Crippen molar-refractivity contribution in [2.45, 2.75) is 0 Å². The van der Waals surface area contributed by atoms with Crippen molar-refractivity contribution in [2.75, 3.05) is 25.7 Å². The van der Waals surface area contributed by atoms with E-state index in [1.807, 2.05) is 34.9 Å². The maximum Gasteiger partial charge on any atom is 0.340 e. The molecule has 0 aliphatic carbocycles. The number of pyridine rings is 1. The topological polar surface area (TPSA) is 57.0 Å². The molecule has 0 saturated heterocycles. The zero-order chi connectivity index (χ0) is 17.1. The number of thioether (sulfide) groups is 1. The van der Waals surface area contributed by atoms with Gasteiger partial charge in [0.2, 0.25) is 0 Å². The first-order chi connectivity index (χ1) is 11.7. The van der Waals surface area contributed by atoms with E-state index in [1.165, 1.54) is 7.11 Å². The van der Waals surface area contributed by atoms with Gasteiger partial charge in [0.1, 0.15) is 6.61 Å². The summed E-state index contributed by atoms with van der Waals surface area (Å²) in [7, 11) is 1.36. The predicted octanol–water partition coefficient (Wildman–Crippen LogP) is 3.40. The van der Waals surface area contributed by atoms with Crippen LogP contribution in [-0.4, -0.2) is 42.1 Å². The van der Waals surface area contributed by atoms with Crippen molar-refractivity contribution in [2.24, 2.45) is 0 Å². The van der Waals surface area contributed by atoms with Gasteiger partial charge in [0.05, 0.1) is 29.3 Å². The first-order valence-electron chi connectivity index (χ1n) is 7.44. The number of benzene rings is 1. The summed E-state index contributed by atoms with van der Waals surface area (Å²) in [6, 6.07) is 10.9. The lowest BCUT2D eigenvalue weighted by atomic mass is 10.1. The Labute approximate surface area is 143 Å². The number of hydrogen-bond donors (Lipinski definition) is 0. The molecule has 0 bridgehead atoms. The standard InChI is InChI=1S/C18H17NO4S/c1-22-18(21)16-13-5-3-4-6-14(13)19-11-12(7-8-15(16)19)17(20)23-9-10-24-2/h3-8,11H,9-10H2,1-2H3. The minimum atomic E-state index is -0.399. The number of ether oxygens (including phenoxy) is 2. The third-order valence-electron chi connectivity index (χ3n) is 3.78. The molecule has 0 radical (unpaired) electrons. The molecule has 0 saturated carbocycles. The molecule has 0 aliphatic rings. The third kappa shape index (κ3) is 2.85. The Morgan fingerprint density at radius 1 is 1.08 bits per heavy atom. The van der Waals surface area contributed by atoms with Gasteiger partial charge in [-0.1, -0.05) is 18.2 Å². The molecule has 2 heterocycles. The van der Waals surface area contributed by atoms with E-state index in [9.17, 15) is 9.59 Å². The van der Waals surface area contributed by atoms with Gasteiger partial charge in [0, 0.05) is 17.3 Å². The zero-order valence-electron chi connectivity index (χ0n) is 13.4. The average Bonchev–Trinajstić information content (AvgIpc) is 2.95. The van der Waals surface area contributed by atoms with Gasteiger partial charge in [-0.3, -0.25) is 0 Å². The van der Waals surface area contributed by atoms with Crippen LogP contribution < -0.4 is 0 Å². The fraction of sp³-hybridized carbons (Fsp3) is 0.222. The maximum absolute atomic E-state index is 12.2. The number of carbonyl (C=O) groups excluding carboxylic acids is 2. The summed E-state index contributed by atoms with van der Waals surface area (Å²) in [5.74, 6) is -0.0141. The molecule has 1 aromatic carbocycles. The fourth-order valence-corrected chi connectivity index (χ4v) is 2.93. The van der Waals surface area contributed by atoms with E-state index in [2.05, 4.69) is 0 Å². The van der Waals surface area contributed by atoms with Gasteiger partial charge in [-0.05, 0) is 24.5 Å². The fourth-order valence-electron chi connectivity index (χ4n) is 2.68. The van der Waals surface area contributed by atoms with Crippen molar-refractivity contribution >= 4 is 40.1 Å². The summed E-state index contributed by atoms with van der Waals surface area (Å²) in [6.45, 7) is 0.373. The molecule has 5 nitrogen and oxygen atoms in total. The minimum Gasteiger partial charge on any atom is -0.465 e. The number of hydrogen-bond acceptors (Lipinski definition) is 5. The predicted molar refractivity (Wildman–Crippen MR) is 94.9 cm³/mol. The molecule has 0 amide bonds. The van der Waals surface area contributed by atoms with Gasteiger partial charge in [0.15, 0.2) is 0 Å². The van der Waals surface area contributed by atoms with Crippen LogP contribution in [0.1, 0.15) is 20.7 Å². The second-order valence-corrected chi connectivity index (χ2v) is 6.17. The van der Waals surface area contributed by atoms with E-state index in [0.29, 0.717) is 23.3 Å². The van der Waals surface area contributed by atoms with Crippen molar-refractivity contribution in [3.05, 3.63) is 53.7 Å². The molecule has 124 valence electrons. The van der Waals surface area contributed by atoms with Crippen LogP contribution >= 0.6 is 11.8 Å². The van der Waals surface area contributed by atoms with Gasteiger partial charge < -0.3 is 13.9 Å². The summed E-state index contributed by atoms with van der Waals surface area (Å²) < 4.78 is 12.0. The van der Waals surface area contributed by atoms with E-state index in [1.54, 1.807) is 30.1 Å². The van der Waals surface area contributed by atoms with Crippen LogP contribution in [0, 0.1) is 0 Å². The molecule has 0 aliphatic heterocycles. The number of esters is 2. The third-order valence-corrected chi connectivity index (χ3v) is 4.36. The molecule has 0 unspecified atom stereocenters. The number of fused-ring (bicyclic) bond motifs is 3. The minimum absolute atomic E-state index is 0.372. The van der Waals surface area contributed by atoms with Crippen LogP contribution in [0.5, 0.6) is 0 Å². The molecule has 6 heteroatoms. The van der Waals surface area contributed by atoms with Gasteiger partial charge in [-0.25, -0.2) is 9.59 Å². The maximum atomic E-state index is 12.2. The number of methoxy groups -OCH3 is 1. The van der Waals surface area contributed by atoms with Crippen molar-refractivity contribution in [1.82, 2.24) is 4.40 Å². The second-order valence-electron chi connectivity index (χ2n) is 5.19. The Morgan fingerprint density at radius 3 is 2.62 bits per heavy atom. The number of carbonyl (C=O) groups is 2. The SMILES string of the molecule is COC(=O)c1c2ccccc2n2cc(C(=O)OCCSC)ccc12. The Morgan fingerprint density at radius 2 is 1.88 bits per heavy atom. The molecule has 3 aromatic rings. The summed E-state index contributed by atoms with van der Waals surface area (Å²) in [6.07, 6.45) is 3.66. The summed E-state index contributed by atoms with van der Waals surface area (Å²) >= 11 is 1.62. The van der Waals surface area contributed by atoms with Crippen LogP contribution in [0.25, 0.3) is 16.4 Å². The zero-order valence-corrected chi connectivity index (χ0v) is 14.3. The van der Waals surface area contributed by atoms with Gasteiger partial charge in [-0.15, -0.1) is 0 Å². The van der Waals surface area contributed by atoms with Crippen LogP contribution in [0.3, 0.4) is 0 Å². The van der Waals surface area contributed by atoms with Crippen molar-refractivity contribution < 1.29 is 19.1 Å². The molecule has 24 heavy (non-hydrogen) atoms. The number of rotatable bonds is 5. The molecule has 0 N–H and O–H groups in total. The smallest absolute Gasteiger partial charge is 0.340 e. The van der Waals surface area contributed by atoms with Crippen molar-refractivity contribution in [3.63, 3.8) is 0 Å². The van der Waals surface area contributed by atoms with E-state index >= 15 is 0 Å². The van der Waals surface area contributed by atoms with E-state index in [4.69, 9.17) is 9.47 Å². The van der Waals surface area contributed by atoms with Crippen LogP contribution in [0.2, 0.25) is 0 Å². The highest BCUT2D eigenvalue weighted by atomic mass is 32.2. The van der Waals surface area contributed by atoms with Crippen molar-refractivity contribution in [1.29, 1.82) is 0 Å². The number of para-hydroxylation sites is 1. The highest BCUT2D eigenvalue weighted by Gasteiger charge is 2.19. The van der Waals surface area contributed by atoms with E-state index in [-0.39, 0.29) is 5.97 Å². The van der Waals surface area contributed by atoms with Gasteiger partial charge in [-0.2, -0.15) is 11.8 Å². The van der Waals surface area contributed by atoms with Crippen LogP contribution in [0.15, 0.2) is 42.6 Å². The normalized spacial score (nSPS) is 10.9. The lowest BCUT2D eigenvalue weighted by Gasteiger charge is -2.05. The molecular weight excluding hydrogens is 326 g/mol. The Bertz CT molecular complexity index is 916. The van der Waals surface area contributed by atoms with E-state index in [0.717, 1.165) is 16.7 Å². The largest absolute Gasteiger partial charge is 0.465 e. The van der Waals surface area contributed by atoms with Crippen LogP contribution in [-0.2, 0) is 9.47 Å². The van der Waals surface area contributed by atoms with Crippen molar-refractivity contribution in [3.8, 4) is 0 Å². The molecule has 0 atom stereocenters. The van der Waals surface area contributed by atoms with Gasteiger partial charge in [0.25, 0.3) is 0 Å². The summed E-state index contributed by atoms with van der Waals surface area (Å²) in [5, 5.41) is 0.789. The van der Waals surface area contributed by atoms with E-state index < -0.39 is 5.97 Å². The average molecular weight is 343 g/mol. The lowest BCUT2D eigenvalue weighted by Crippen LogP contribution is -2.09. The Hall–Kier alpha value is -2.47. The first-order valence-corrected chi connectivity index (χ1v) is 8.84. The van der Waals surface area contributed by atoms with Crippen LogP contribution in [0.4, 0.5) is 0 Å². The Kier molecular flexibility index (Phi) is 4.76. The molecule has 2 aromatic heterocycles. The first kappa shape index (κ1) is 16.4. The summed E-state index contributed by atoms with van der Waals surface area (Å²) in [4.78, 5) is 24.3. The molecule has 3 rings (SSSR count). The highest BCUT2D eigenvalue weighted by Crippen LogP contribution is 2.27. The second kappa shape index (κ2) is 6.97. The highest BCUT2D eigenvalue weighted by molar-refractivity contribution is 7.98. The molecule has 0 spiro atoms. The molecular formula is C18H17NO4S. The lowest BCUT2D eigenvalue weighted by molar-refractivity contribution is 0.0529. The van der Waals surface area contributed by atoms with Gasteiger partial charge >= 0.3 is 11.9 Å². The Balaban J connectivity index is 2.11. The quantitative estimate of drug-likeness (QED) is 0.525. The number of aromatic nitrogens is 1. The molecule has 0 fully saturated rings. The number of nitrogens with zero attached hydrogens (tertiary/aromatic N) is 1.